The molecule has 0 radical (unpaired) electrons. The third-order valence-electron chi connectivity index (χ3n) is 5.20. The molecule has 4 rings (SSSR count). The first kappa shape index (κ1) is 21.0. The second-order valence-electron chi connectivity index (χ2n) is 7.33. The number of rotatable bonds is 7. The predicted octanol–water partition coefficient (Wildman–Crippen LogP) is 4.49. The molecule has 7 heteroatoms. The third kappa shape index (κ3) is 4.73. The molecule has 4 aromatic rings. The fourth-order valence-corrected chi connectivity index (χ4v) is 3.56. The van der Waals surface area contributed by atoms with Gasteiger partial charge in [0.05, 0.1) is 0 Å². The maximum Gasteiger partial charge on any atom is 0.249 e. The lowest BCUT2D eigenvalue weighted by Gasteiger charge is -2.15. The Hall–Kier alpha value is -4.26. The summed E-state index contributed by atoms with van der Waals surface area (Å²) in [5.41, 5.74) is 16.7. The standard InChI is InChI=1S/C25H22FN5O/c26-19-7-3-6-17(13-19)18-14-29-25(30-15-18)31-23-10-4-8-21(24(28)32)20(23)12-11-16-5-1-2-9-22(16)27/h1-10,13-15H,11-12,27H2,(H2,28,32)(H,29,30,31). The van der Waals surface area contributed by atoms with Gasteiger partial charge >= 0.3 is 0 Å². The molecule has 1 heterocycles. The average molecular weight is 427 g/mol. The Labute approximate surface area is 185 Å². The van der Waals surface area contributed by atoms with E-state index < -0.39 is 5.91 Å². The molecule has 3 aromatic carbocycles. The van der Waals surface area contributed by atoms with Crippen LogP contribution in [0.4, 0.5) is 21.7 Å². The smallest absolute Gasteiger partial charge is 0.249 e. The van der Waals surface area contributed by atoms with Gasteiger partial charge in [-0.05, 0) is 59.9 Å². The number of primary amides is 1. The van der Waals surface area contributed by atoms with Crippen molar-refractivity contribution in [3.05, 3.63) is 102 Å². The van der Waals surface area contributed by atoms with Gasteiger partial charge in [-0.15, -0.1) is 0 Å². The number of halogens is 1. The largest absolute Gasteiger partial charge is 0.399 e. The molecule has 0 saturated heterocycles. The van der Waals surface area contributed by atoms with Crippen LogP contribution in [-0.2, 0) is 12.8 Å². The van der Waals surface area contributed by atoms with Crippen LogP contribution in [0.2, 0.25) is 0 Å². The minimum absolute atomic E-state index is 0.323. The Bertz CT molecular complexity index is 1260. The van der Waals surface area contributed by atoms with Gasteiger partial charge in [-0.25, -0.2) is 14.4 Å². The zero-order chi connectivity index (χ0) is 22.5. The van der Waals surface area contributed by atoms with Crippen LogP contribution in [0.3, 0.4) is 0 Å². The molecule has 5 N–H and O–H groups in total. The summed E-state index contributed by atoms with van der Waals surface area (Å²) in [6.07, 6.45) is 4.43. The van der Waals surface area contributed by atoms with Crippen molar-refractivity contribution in [1.82, 2.24) is 9.97 Å². The number of benzene rings is 3. The van der Waals surface area contributed by atoms with Crippen molar-refractivity contribution < 1.29 is 9.18 Å². The van der Waals surface area contributed by atoms with Crippen molar-refractivity contribution in [3.8, 4) is 11.1 Å². The lowest BCUT2D eigenvalue weighted by molar-refractivity contribution is 0.0999. The normalized spacial score (nSPS) is 10.7. The molecule has 1 aromatic heterocycles. The number of nitrogen functional groups attached to an aromatic ring is 1. The highest BCUT2D eigenvalue weighted by molar-refractivity contribution is 5.96. The van der Waals surface area contributed by atoms with E-state index in [0.717, 1.165) is 11.1 Å². The Morgan fingerprint density at radius 1 is 0.906 bits per heavy atom. The molecule has 0 aliphatic carbocycles. The highest BCUT2D eigenvalue weighted by Gasteiger charge is 2.14. The Balaban J connectivity index is 1.60. The van der Waals surface area contributed by atoms with Gasteiger partial charge in [0.15, 0.2) is 0 Å². The van der Waals surface area contributed by atoms with Crippen molar-refractivity contribution in [2.45, 2.75) is 12.8 Å². The van der Waals surface area contributed by atoms with Crippen molar-refractivity contribution in [2.75, 3.05) is 11.1 Å². The summed E-state index contributed by atoms with van der Waals surface area (Å²) in [6.45, 7) is 0. The van der Waals surface area contributed by atoms with E-state index in [0.29, 0.717) is 46.9 Å². The molecule has 0 spiro atoms. The van der Waals surface area contributed by atoms with Crippen LogP contribution in [0.15, 0.2) is 79.1 Å². The van der Waals surface area contributed by atoms with Crippen LogP contribution in [0.25, 0.3) is 11.1 Å². The highest BCUT2D eigenvalue weighted by atomic mass is 19.1. The van der Waals surface area contributed by atoms with E-state index >= 15 is 0 Å². The number of aromatic nitrogens is 2. The number of nitrogens with one attached hydrogen (secondary N) is 1. The van der Waals surface area contributed by atoms with Gasteiger partial charge in [-0.2, -0.15) is 0 Å². The van der Waals surface area contributed by atoms with Crippen LogP contribution < -0.4 is 16.8 Å². The summed E-state index contributed by atoms with van der Waals surface area (Å²) in [5, 5.41) is 3.17. The molecule has 0 saturated carbocycles. The average Bonchev–Trinajstić information content (AvgIpc) is 2.79. The van der Waals surface area contributed by atoms with Crippen LogP contribution in [0.5, 0.6) is 0 Å². The lowest BCUT2D eigenvalue weighted by atomic mass is 9.97. The van der Waals surface area contributed by atoms with E-state index in [-0.39, 0.29) is 5.82 Å². The van der Waals surface area contributed by atoms with Crippen molar-refractivity contribution in [1.29, 1.82) is 0 Å². The summed E-state index contributed by atoms with van der Waals surface area (Å²) in [4.78, 5) is 20.7. The van der Waals surface area contributed by atoms with Crippen LogP contribution >= 0.6 is 0 Å². The fraction of sp³-hybridized carbons (Fsp3) is 0.0800. The summed E-state index contributed by atoms with van der Waals surface area (Å²) < 4.78 is 13.5. The maximum atomic E-state index is 13.5. The number of carbonyl (C=O) groups is 1. The first-order valence-corrected chi connectivity index (χ1v) is 10.1. The molecule has 160 valence electrons. The molecule has 0 atom stereocenters. The number of hydrogen-bond acceptors (Lipinski definition) is 5. The van der Waals surface area contributed by atoms with Gasteiger partial charge in [0.1, 0.15) is 5.82 Å². The Kier molecular flexibility index (Phi) is 6.07. The Morgan fingerprint density at radius 3 is 2.38 bits per heavy atom. The lowest BCUT2D eigenvalue weighted by Crippen LogP contribution is -2.15. The van der Waals surface area contributed by atoms with Gasteiger partial charge < -0.3 is 16.8 Å². The quantitative estimate of drug-likeness (QED) is 0.377. The van der Waals surface area contributed by atoms with Crippen LogP contribution in [0.1, 0.15) is 21.5 Å². The first-order valence-electron chi connectivity index (χ1n) is 10.1. The van der Waals surface area contributed by atoms with E-state index in [2.05, 4.69) is 15.3 Å². The second-order valence-corrected chi connectivity index (χ2v) is 7.33. The van der Waals surface area contributed by atoms with Crippen LogP contribution in [-0.4, -0.2) is 15.9 Å². The number of nitrogens with zero attached hydrogens (tertiary/aromatic N) is 2. The number of aryl methyl sites for hydroxylation is 1. The van der Waals surface area contributed by atoms with E-state index in [1.807, 2.05) is 30.3 Å². The van der Waals surface area contributed by atoms with E-state index in [9.17, 15) is 9.18 Å². The first-order chi connectivity index (χ1) is 15.5. The second kappa shape index (κ2) is 9.26. The third-order valence-corrected chi connectivity index (χ3v) is 5.20. The molecule has 0 aliphatic heterocycles. The molecular formula is C25H22FN5O. The summed E-state index contributed by atoms with van der Waals surface area (Å²) in [7, 11) is 0. The molecule has 0 fully saturated rings. The highest BCUT2D eigenvalue weighted by Crippen LogP contribution is 2.26. The summed E-state index contributed by atoms with van der Waals surface area (Å²) in [6, 6.07) is 19.2. The monoisotopic (exact) mass is 427 g/mol. The molecule has 0 unspecified atom stereocenters. The SMILES string of the molecule is NC(=O)c1cccc(Nc2ncc(-c3cccc(F)c3)cn2)c1CCc1ccccc1N. The summed E-state index contributed by atoms with van der Waals surface area (Å²) >= 11 is 0. The predicted molar refractivity (Wildman–Crippen MR) is 124 cm³/mol. The molecule has 1 amide bonds. The number of amides is 1. The number of nitrogens with two attached hydrogens (primary N) is 2. The van der Waals surface area contributed by atoms with Crippen LogP contribution in [0, 0.1) is 5.82 Å². The van der Waals surface area contributed by atoms with Gasteiger partial charge in [-0.3, -0.25) is 4.79 Å². The van der Waals surface area contributed by atoms with Crippen molar-refractivity contribution in [2.24, 2.45) is 5.73 Å². The van der Waals surface area contributed by atoms with Gasteiger partial charge in [-0.1, -0.05) is 36.4 Å². The Morgan fingerprint density at radius 2 is 1.66 bits per heavy atom. The van der Waals surface area contributed by atoms with Gasteiger partial charge in [0.25, 0.3) is 0 Å². The topological polar surface area (TPSA) is 107 Å². The molecule has 0 aliphatic rings. The molecule has 32 heavy (non-hydrogen) atoms. The molecule has 0 bridgehead atoms. The van der Waals surface area contributed by atoms with Crippen molar-refractivity contribution in [3.63, 3.8) is 0 Å². The fourth-order valence-electron chi connectivity index (χ4n) is 3.56. The number of carbonyl (C=O) groups excluding carboxylic acids is 1. The van der Waals surface area contributed by atoms with E-state index in [1.165, 1.54) is 12.1 Å². The number of para-hydroxylation sites is 1. The maximum absolute atomic E-state index is 13.5. The van der Waals surface area contributed by atoms with E-state index in [1.54, 1.807) is 36.7 Å². The number of hydrogen-bond donors (Lipinski definition) is 3. The minimum atomic E-state index is -0.507. The number of anilines is 3. The zero-order valence-corrected chi connectivity index (χ0v) is 17.3. The van der Waals surface area contributed by atoms with Gasteiger partial charge in [0, 0.05) is 34.9 Å². The van der Waals surface area contributed by atoms with Gasteiger partial charge in [0.2, 0.25) is 11.9 Å². The zero-order valence-electron chi connectivity index (χ0n) is 17.3. The summed E-state index contributed by atoms with van der Waals surface area (Å²) in [5.74, 6) is -0.476. The molecular weight excluding hydrogens is 405 g/mol. The minimum Gasteiger partial charge on any atom is -0.399 e. The van der Waals surface area contributed by atoms with E-state index in [4.69, 9.17) is 11.5 Å². The molecule has 6 nitrogen and oxygen atoms in total. The van der Waals surface area contributed by atoms with Crippen molar-refractivity contribution >= 4 is 23.2 Å².